The SMILES string of the molecule is N=S(c1ccccc1)c1c(-c2ncccn2)cc(Cl)c(Cl)c1Cl. The van der Waals surface area contributed by atoms with Gasteiger partial charge in [-0.3, -0.25) is 4.78 Å². The fraction of sp³-hybridized carbons (Fsp3) is 0. The molecule has 3 rings (SSSR count). The molecule has 0 aliphatic heterocycles. The van der Waals surface area contributed by atoms with Gasteiger partial charge in [0.2, 0.25) is 0 Å². The summed E-state index contributed by atoms with van der Waals surface area (Å²) in [7, 11) is -1.04. The van der Waals surface area contributed by atoms with Crippen LogP contribution in [0.1, 0.15) is 0 Å². The Morgan fingerprint density at radius 1 is 0.870 bits per heavy atom. The first-order chi connectivity index (χ1) is 11.1. The van der Waals surface area contributed by atoms with E-state index in [0.717, 1.165) is 4.90 Å². The van der Waals surface area contributed by atoms with Crippen LogP contribution in [-0.4, -0.2) is 9.97 Å². The molecule has 7 heteroatoms. The summed E-state index contributed by atoms with van der Waals surface area (Å²) in [5, 5.41) is 0.820. The lowest BCUT2D eigenvalue weighted by molar-refractivity contribution is 1.16. The summed E-state index contributed by atoms with van der Waals surface area (Å²) in [4.78, 5) is 9.89. The minimum Gasteiger partial charge on any atom is -0.271 e. The van der Waals surface area contributed by atoms with Crippen LogP contribution in [0.25, 0.3) is 11.4 Å². The molecule has 3 nitrogen and oxygen atoms in total. The average Bonchev–Trinajstić information content (AvgIpc) is 2.60. The molecular formula is C16H10Cl3N3S. The molecule has 1 N–H and O–H groups in total. The van der Waals surface area contributed by atoms with Gasteiger partial charge in [0, 0.05) is 22.9 Å². The summed E-state index contributed by atoms with van der Waals surface area (Å²) >= 11 is 18.8. The number of hydrogen-bond acceptors (Lipinski definition) is 3. The zero-order chi connectivity index (χ0) is 16.4. The Bertz CT molecular complexity index is 871. The highest BCUT2D eigenvalue weighted by Crippen LogP contribution is 2.41. The first-order valence-corrected chi connectivity index (χ1v) is 8.91. The molecule has 0 aliphatic rings. The van der Waals surface area contributed by atoms with Gasteiger partial charge in [0.05, 0.1) is 20.0 Å². The Hall–Kier alpha value is -1.46. The summed E-state index contributed by atoms with van der Waals surface area (Å²) < 4.78 is 8.64. The van der Waals surface area contributed by atoms with Crippen LogP contribution < -0.4 is 0 Å². The van der Waals surface area contributed by atoms with E-state index < -0.39 is 10.7 Å². The fourth-order valence-electron chi connectivity index (χ4n) is 2.06. The van der Waals surface area contributed by atoms with E-state index in [1.165, 1.54) is 0 Å². The lowest BCUT2D eigenvalue weighted by Crippen LogP contribution is -1.99. The number of nitrogens with one attached hydrogen (secondary N) is 1. The summed E-state index contributed by atoms with van der Waals surface area (Å²) in [5.74, 6) is 0.462. The zero-order valence-electron chi connectivity index (χ0n) is 11.6. The van der Waals surface area contributed by atoms with E-state index in [9.17, 15) is 0 Å². The van der Waals surface area contributed by atoms with Crippen molar-refractivity contribution in [3.05, 3.63) is 69.9 Å². The van der Waals surface area contributed by atoms with E-state index in [4.69, 9.17) is 39.6 Å². The highest BCUT2D eigenvalue weighted by molar-refractivity contribution is 7.86. The van der Waals surface area contributed by atoms with Crippen molar-refractivity contribution in [2.24, 2.45) is 0 Å². The lowest BCUT2D eigenvalue weighted by Gasteiger charge is -2.15. The average molecular weight is 383 g/mol. The summed E-state index contributed by atoms with van der Waals surface area (Å²) in [6.45, 7) is 0. The Labute approximate surface area is 151 Å². The highest BCUT2D eigenvalue weighted by Gasteiger charge is 2.21. The van der Waals surface area contributed by atoms with E-state index in [2.05, 4.69) is 9.97 Å². The van der Waals surface area contributed by atoms with Gasteiger partial charge in [-0.2, -0.15) is 0 Å². The van der Waals surface area contributed by atoms with Crippen LogP contribution in [0.2, 0.25) is 15.1 Å². The first kappa shape index (κ1) is 16.4. The number of rotatable bonds is 3. The van der Waals surface area contributed by atoms with Crippen LogP contribution >= 0.6 is 34.8 Å². The van der Waals surface area contributed by atoms with Crippen LogP contribution in [-0.2, 0) is 10.7 Å². The molecule has 0 fully saturated rings. The molecule has 1 heterocycles. The summed E-state index contributed by atoms with van der Waals surface area (Å²) in [5.41, 5.74) is 0.618. The minimum atomic E-state index is -1.04. The van der Waals surface area contributed by atoms with Gasteiger partial charge < -0.3 is 0 Å². The molecule has 1 aromatic heterocycles. The molecule has 1 unspecified atom stereocenters. The fourth-order valence-corrected chi connectivity index (χ4v) is 4.27. The molecule has 0 saturated carbocycles. The molecule has 116 valence electrons. The monoisotopic (exact) mass is 381 g/mol. The van der Waals surface area contributed by atoms with E-state index in [1.54, 1.807) is 24.5 Å². The van der Waals surface area contributed by atoms with Crippen molar-refractivity contribution >= 4 is 45.5 Å². The molecule has 0 radical (unpaired) electrons. The Balaban J connectivity index is 2.27. The molecule has 3 aromatic rings. The Morgan fingerprint density at radius 3 is 2.17 bits per heavy atom. The van der Waals surface area contributed by atoms with Gasteiger partial charge in [0.15, 0.2) is 5.82 Å². The lowest BCUT2D eigenvalue weighted by atomic mass is 10.2. The Morgan fingerprint density at radius 2 is 1.52 bits per heavy atom. The number of hydrogen-bond donors (Lipinski definition) is 1. The molecule has 23 heavy (non-hydrogen) atoms. The van der Waals surface area contributed by atoms with Crippen molar-refractivity contribution < 1.29 is 0 Å². The van der Waals surface area contributed by atoms with Gasteiger partial charge in [0.25, 0.3) is 0 Å². The second-order valence-electron chi connectivity index (χ2n) is 4.55. The summed E-state index contributed by atoms with van der Waals surface area (Å²) in [6.07, 6.45) is 3.26. The normalized spacial score (nSPS) is 12.1. The van der Waals surface area contributed by atoms with Crippen molar-refractivity contribution in [3.8, 4) is 11.4 Å². The second-order valence-corrected chi connectivity index (χ2v) is 7.21. The molecule has 1 atom stereocenters. The van der Waals surface area contributed by atoms with Crippen molar-refractivity contribution in [2.75, 3.05) is 0 Å². The standard InChI is InChI=1S/C16H10Cl3N3S/c17-12-9-11(16-21-7-4-8-22-16)15(14(19)13(12)18)23(20)10-5-2-1-3-6-10/h1-9,20H. The number of benzene rings is 2. The van der Waals surface area contributed by atoms with Gasteiger partial charge in [0.1, 0.15) is 0 Å². The van der Waals surface area contributed by atoms with Gasteiger partial charge in [-0.05, 0) is 35.0 Å². The predicted molar refractivity (Wildman–Crippen MR) is 95.6 cm³/mol. The van der Waals surface area contributed by atoms with Crippen LogP contribution in [0, 0.1) is 4.78 Å². The maximum atomic E-state index is 8.64. The molecule has 0 aliphatic carbocycles. The third-order valence-corrected chi connectivity index (χ3v) is 6.06. The number of halogens is 3. The van der Waals surface area contributed by atoms with Gasteiger partial charge in [-0.15, -0.1) is 0 Å². The highest BCUT2D eigenvalue weighted by atomic mass is 35.5. The quantitative estimate of drug-likeness (QED) is 0.573. The summed E-state index contributed by atoms with van der Waals surface area (Å²) in [6, 6.07) is 12.8. The number of nitrogens with zero attached hydrogens (tertiary/aromatic N) is 2. The van der Waals surface area contributed by atoms with E-state index in [1.807, 2.05) is 30.3 Å². The van der Waals surface area contributed by atoms with Crippen molar-refractivity contribution in [2.45, 2.75) is 9.79 Å². The van der Waals surface area contributed by atoms with Crippen LogP contribution in [0.3, 0.4) is 0 Å². The third-order valence-electron chi connectivity index (χ3n) is 3.11. The van der Waals surface area contributed by atoms with E-state index in [0.29, 0.717) is 21.3 Å². The van der Waals surface area contributed by atoms with Gasteiger partial charge in [-0.25, -0.2) is 9.97 Å². The first-order valence-electron chi connectivity index (χ1n) is 6.55. The van der Waals surface area contributed by atoms with Gasteiger partial charge in [-0.1, -0.05) is 53.0 Å². The Kier molecular flexibility index (Phi) is 4.97. The van der Waals surface area contributed by atoms with Crippen LogP contribution in [0.15, 0.2) is 64.6 Å². The predicted octanol–water partition coefficient (Wildman–Crippen LogP) is 5.90. The maximum absolute atomic E-state index is 8.64. The molecule has 0 saturated heterocycles. The van der Waals surface area contributed by atoms with Gasteiger partial charge >= 0.3 is 0 Å². The molecule has 0 bridgehead atoms. The maximum Gasteiger partial charge on any atom is 0.160 e. The smallest absolute Gasteiger partial charge is 0.160 e. The molecular weight excluding hydrogens is 373 g/mol. The molecule has 0 spiro atoms. The van der Waals surface area contributed by atoms with Crippen molar-refractivity contribution in [3.63, 3.8) is 0 Å². The second kappa shape index (κ2) is 6.97. The molecule has 0 amide bonds. The van der Waals surface area contributed by atoms with E-state index in [-0.39, 0.29) is 10.0 Å². The molecule has 2 aromatic carbocycles. The van der Waals surface area contributed by atoms with Crippen LogP contribution in [0.5, 0.6) is 0 Å². The number of aromatic nitrogens is 2. The zero-order valence-corrected chi connectivity index (χ0v) is 14.7. The topological polar surface area (TPSA) is 49.6 Å². The van der Waals surface area contributed by atoms with Crippen LogP contribution in [0.4, 0.5) is 0 Å². The third kappa shape index (κ3) is 3.26. The largest absolute Gasteiger partial charge is 0.271 e. The van der Waals surface area contributed by atoms with E-state index >= 15 is 0 Å². The minimum absolute atomic E-state index is 0.240. The van der Waals surface area contributed by atoms with Crippen molar-refractivity contribution in [1.29, 1.82) is 4.78 Å². The van der Waals surface area contributed by atoms with Crippen molar-refractivity contribution in [1.82, 2.24) is 9.97 Å².